The third-order valence-electron chi connectivity index (χ3n) is 10.00. The van der Waals surface area contributed by atoms with Crippen LogP contribution >= 0.6 is 0 Å². The van der Waals surface area contributed by atoms with Gasteiger partial charge in [0.25, 0.3) is 0 Å². The number of nitrogens with zero attached hydrogens (tertiary/aromatic N) is 4. The van der Waals surface area contributed by atoms with Crippen molar-refractivity contribution in [3.8, 4) is 0 Å². The van der Waals surface area contributed by atoms with Crippen molar-refractivity contribution in [3.05, 3.63) is 29.0 Å². The van der Waals surface area contributed by atoms with Gasteiger partial charge in [0.1, 0.15) is 11.8 Å². The Labute approximate surface area is 191 Å². The monoisotopic (exact) mass is 437 g/mol. The largest absolute Gasteiger partial charge is 0.363 e. The van der Waals surface area contributed by atoms with Crippen LogP contribution in [0.3, 0.4) is 0 Å². The summed E-state index contributed by atoms with van der Waals surface area (Å²) in [7, 11) is 1.79. The van der Waals surface area contributed by atoms with E-state index in [0.29, 0.717) is 34.9 Å². The molecule has 2 aromatic heterocycles. The van der Waals surface area contributed by atoms with Crippen LogP contribution in [-0.2, 0) is 13.6 Å². The van der Waals surface area contributed by atoms with Crippen LogP contribution in [0.15, 0.2) is 23.3 Å². The molecule has 0 saturated heterocycles. The van der Waals surface area contributed by atoms with Crippen molar-refractivity contribution in [1.29, 1.82) is 0 Å². The lowest BCUT2D eigenvalue weighted by Crippen LogP contribution is -2.51. The zero-order chi connectivity index (χ0) is 22.9. The molecule has 6 nitrogen and oxygen atoms in total. The van der Waals surface area contributed by atoms with E-state index < -0.39 is 0 Å². The Morgan fingerprint density at radius 2 is 1.97 bits per heavy atom. The molecule has 2 aliphatic carbocycles. The molecule has 0 spiro atoms. The van der Waals surface area contributed by atoms with E-state index in [-0.39, 0.29) is 11.2 Å². The molecule has 5 rings (SSSR count). The van der Waals surface area contributed by atoms with E-state index >= 15 is 0 Å². The number of imidazole rings is 1. The molecule has 3 aliphatic rings. The first-order valence-corrected chi connectivity index (χ1v) is 12.5. The van der Waals surface area contributed by atoms with Crippen molar-refractivity contribution < 1.29 is 0 Å². The van der Waals surface area contributed by atoms with E-state index in [1.165, 1.54) is 44.1 Å². The lowest BCUT2D eigenvalue weighted by atomic mass is 9.46. The van der Waals surface area contributed by atoms with Gasteiger partial charge in [-0.1, -0.05) is 32.9 Å². The number of nitrogens with one attached hydrogen (secondary N) is 1. The Bertz CT molecular complexity index is 1130. The Morgan fingerprint density at radius 3 is 2.75 bits per heavy atom. The maximum absolute atomic E-state index is 12.8. The normalized spacial score (nSPS) is 37.1. The molecule has 0 amide bonds. The molecule has 32 heavy (non-hydrogen) atoms. The fourth-order valence-electron chi connectivity index (χ4n) is 7.36. The van der Waals surface area contributed by atoms with E-state index in [1.54, 1.807) is 17.9 Å². The van der Waals surface area contributed by atoms with Crippen LogP contribution in [0.1, 0.15) is 79.1 Å². The van der Waals surface area contributed by atoms with Gasteiger partial charge in [0, 0.05) is 19.1 Å². The molecule has 6 heteroatoms. The van der Waals surface area contributed by atoms with Crippen LogP contribution < -0.4 is 11.0 Å². The molecular weight excluding hydrogens is 398 g/mol. The van der Waals surface area contributed by atoms with E-state index in [1.807, 2.05) is 4.57 Å². The molecule has 1 N–H and O–H groups in total. The summed E-state index contributed by atoms with van der Waals surface area (Å²) >= 11 is 0. The van der Waals surface area contributed by atoms with Crippen molar-refractivity contribution >= 4 is 17.0 Å². The van der Waals surface area contributed by atoms with Gasteiger partial charge in [-0.05, 0) is 81.0 Å². The number of aryl methyl sites for hydroxylation is 2. The standard InChI is InChI=1S/C26H39N5O/c1-17-8-7-9-19-25(17,4)11-10-18(2)26(19,5)13-12-24(3)14-15-31-20-21(29-24)27-16-28-22(20)30(6)23(31)32/h16,18-19H,1,7-15H2,2-6H3,(H,27,28,29)/t18-,19+,24-,25-,26+/m0/s1. The van der Waals surface area contributed by atoms with Crippen LogP contribution in [0.25, 0.3) is 11.2 Å². The lowest BCUT2D eigenvalue weighted by molar-refractivity contribution is -0.0579. The molecule has 0 aromatic carbocycles. The zero-order valence-electron chi connectivity index (χ0n) is 20.5. The Morgan fingerprint density at radius 1 is 1.19 bits per heavy atom. The quantitative estimate of drug-likeness (QED) is 0.663. The Balaban J connectivity index is 1.43. The molecule has 174 valence electrons. The van der Waals surface area contributed by atoms with Gasteiger partial charge >= 0.3 is 5.69 Å². The third-order valence-corrected chi connectivity index (χ3v) is 10.00. The summed E-state index contributed by atoms with van der Waals surface area (Å²) in [6.07, 6.45) is 11.1. The summed E-state index contributed by atoms with van der Waals surface area (Å²) in [6, 6.07) is 0. The van der Waals surface area contributed by atoms with Gasteiger partial charge < -0.3 is 5.32 Å². The van der Waals surface area contributed by atoms with Crippen LogP contribution in [0.2, 0.25) is 0 Å². The molecule has 0 radical (unpaired) electrons. The van der Waals surface area contributed by atoms with E-state index in [2.05, 4.69) is 49.6 Å². The minimum absolute atomic E-state index is 0.00264. The average molecular weight is 438 g/mol. The highest BCUT2D eigenvalue weighted by molar-refractivity contribution is 5.84. The molecule has 2 aromatic rings. The van der Waals surface area contributed by atoms with Gasteiger partial charge in [-0.25, -0.2) is 14.8 Å². The van der Waals surface area contributed by atoms with Crippen LogP contribution in [-0.4, -0.2) is 24.6 Å². The topological polar surface area (TPSA) is 64.7 Å². The summed E-state index contributed by atoms with van der Waals surface area (Å²) in [6.45, 7) is 15.1. The molecule has 0 unspecified atom stereocenters. The zero-order valence-corrected chi connectivity index (χ0v) is 20.5. The average Bonchev–Trinajstić information content (AvgIpc) is 2.91. The Hall–Kier alpha value is -2.11. The highest BCUT2D eigenvalue weighted by atomic mass is 16.1. The highest BCUT2D eigenvalue weighted by Gasteiger charge is 2.54. The minimum atomic E-state index is -0.104. The van der Waals surface area contributed by atoms with Crippen LogP contribution in [0.5, 0.6) is 0 Å². The van der Waals surface area contributed by atoms with E-state index in [0.717, 1.165) is 24.2 Å². The fourth-order valence-corrected chi connectivity index (χ4v) is 7.36. The first kappa shape index (κ1) is 21.7. The molecule has 5 atom stereocenters. The number of hydrogen-bond donors (Lipinski definition) is 1. The molecule has 1 aliphatic heterocycles. The second kappa shape index (κ2) is 7.19. The summed E-state index contributed by atoms with van der Waals surface area (Å²) in [5, 5.41) is 3.76. The lowest BCUT2D eigenvalue weighted by Gasteiger charge is -2.59. The van der Waals surface area contributed by atoms with Gasteiger partial charge in [-0.2, -0.15) is 0 Å². The third kappa shape index (κ3) is 3.01. The SMILES string of the molecule is C=C1CCC[C@H]2[C@](C)(CC[C@@]3(C)CCn4c(=O)n(C)c5ncnc(c54)N3)[C@@H](C)CC[C@@]12C. The first-order chi connectivity index (χ1) is 15.1. The maximum atomic E-state index is 12.8. The van der Waals surface area contributed by atoms with Gasteiger partial charge in [0.15, 0.2) is 11.5 Å². The summed E-state index contributed by atoms with van der Waals surface area (Å²) in [4.78, 5) is 21.7. The smallest absolute Gasteiger partial charge is 0.330 e. The second-order valence-corrected chi connectivity index (χ2v) is 11.7. The van der Waals surface area contributed by atoms with Crippen molar-refractivity contribution in [1.82, 2.24) is 19.1 Å². The van der Waals surface area contributed by atoms with Crippen molar-refractivity contribution in [3.63, 3.8) is 0 Å². The highest BCUT2D eigenvalue weighted by Crippen LogP contribution is 2.63. The van der Waals surface area contributed by atoms with Gasteiger partial charge in [-0.3, -0.25) is 9.13 Å². The number of anilines is 1. The fraction of sp³-hybridized carbons (Fsp3) is 0.731. The van der Waals surface area contributed by atoms with Crippen molar-refractivity contribution in [2.24, 2.45) is 29.7 Å². The van der Waals surface area contributed by atoms with Crippen molar-refractivity contribution in [2.45, 2.75) is 91.1 Å². The number of allylic oxidation sites excluding steroid dienone is 1. The summed E-state index contributed by atoms with van der Waals surface area (Å²) in [5.41, 5.74) is 3.54. The predicted octanol–water partition coefficient (Wildman–Crippen LogP) is 5.28. The van der Waals surface area contributed by atoms with Gasteiger partial charge in [0.05, 0.1) is 0 Å². The molecule has 2 saturated carbocycles. The van der Waals surface area contributed by atoms with Crippen molar-refractivity contribution in [2.75, 3.05) is 5.32 Å². The molecule has 3 heterocycles. The number of hydrogen-bond acceptors (Lipinski definition) is 4. The predicted molar refractivity (Wildman–Crippen MR) is 130 cm³/mol. The van der Waals surface area contributed by atoms with Gasteiger partial charge in [0.2, 0.25) is 0 Å². The minimum Gasteiger partial charge on any atom is -0.363 e. The maximum Gasteiger partial charge on any atom is 0.330 e. The Kier molecular flexibility index (Phi) is 4.88. The summed E-state index contributed by atoms with van der Waals surface area (Å²) in [5.74, 6) is 2.22. The summed E-state index contributed by atoms with van der Waals surface area (Å²) < 4.78 is 3.49. The van der Waals surface area contributed by atoms with E-state index in [9.17, 15) is 4.79 Å². The van der Waals surface area contributed by atoms with Crippen LogP contribution in [0, 0.1) is 22.7 Å². The molecule has 0 bridgehead atoms. The molecular formula is C26H39N5O. The second-order valence-electron chi connectivity index (χ2n) is 11.7. The number of rotatable bonds is 3. The number of fused-ring (bicyclic) bond motifs is 1. The van der Waals surface area contributed by atoms with E-state index in [4.69, 9.17) is 0 Å². The first-order valence-electron chi connectivity index (χ1n) is 12.5. The van der Waals surface area contributed by atoms with Crippen LogP contribution in [0.4, 0.5) is 5.82 Å². The number of aromatic nitrogens is 4. The molecule has 2 fully saturated rings. The van der Waals surface area contributed by atoms with Gasteiger partial charge in [-0.15, -0.1) is 0 Å².